The van der Waals surface area contributed by atoms with Crippen molar-refractivity contribution >= 4 is 63.4 Å². The molecule has 0 atom stereocenters. The number of anilines is 2. The van der Waals surface area contributed by atoms with Gasteiger partial charge in [0.05, 0.1) is 24.6 Å². The first-order valence-corrected chi connectivity index (χ1v) is 16.3. The van der Waals surface area contributed by atoms with Crippen molar-refractivity contribution in [3.63, 3.8) is 0 Å². The second-order valence-corrected chi connectivity index (χ2v) is 11.7. The lowest BCUT2D eigenvalue weighted by Gasteiger charge is -2.19. The van der Waals surface area contributed by atoms with E-state index in [1.54, 1.807) is 40.8 Å². The highest BCUT2D eigenvalue weighted by atomic mass is 16.5. The van der Waals surface area contributed by atoms with Gasteiger partial charge in [-0.25, -0.2) is 9.59 Å². The van der Waals surface area contributed by atoms with Crippen LogP contribution in [0.2, 0.25) is 0 Å². The molecule has 0 fully saturated rings. The molecule has 0 aliphatic carbocycles. The molecule has 4 rings (SSSR count). The van der Waals surface area contributed by atoms with Crippen LogP contribution in [-0.2, 0) is 41.5 Å². The molecule has 15 nitrogen and oxygen atoms in total. The van der Waals surface area contributed by atoms with E-state index in [0.717, 1.165) is 0 Å². The van der Waals surface area contributed by atoms with Crippen LogP contribution in [0, 0.1) is 13.8 Å². The van der Waals surface area contributed by atoms with Crippen molar-refractivity contribution < 1.29 is 52.5 Å². The molecule has 0 aliphatic heterocycles. The molecule has 0 aliphatic rings. The Morgan fingerprint density at radius 2 is 1.19 bits per heavy atom. The summed E-state index contributed by atoms with van der Waals surface area (Å²) in [6, 6.07) is 4.39. The number of ether oxygens (including phenoxy) is 2. The minimum atomic E-state index is -0.695. The van der Waals surface area contributed by atoms with E-state index in [2.05, 4.69) is 0 Å². The van der Waals surface area contributed by atoms with Crippen molar-refractivity contribution in [2.45, 2.75) is 82.1 Å². The SMILES string of the molecule is C.C.CCOC(=O)CCc1c(C)c2cc(N(C)C(C)=O)c(O)c(C=O)c2oc1=O.CCOC(=O)CCc1c(C)c2cc(N(C)C(C)=O)c(O)cc2oc1=O. The van der Waals surface area contributed by atoms with Crippen LogP contribution < -0.4 is 21.1 Å². The van der Waals surface area contributed by atoms with E-state index < -0.39 is 23.0 Å². The highest BCUT2D eigenvalue weighted by Crippen LogP contribution is 2.37. The zero-order valence-corrected chi connectivity index (χ0v) is 30.3. The number of benzene rings is 2. The zero-order valence-electron chi connectivity index (χ0n) is 30.3. The fourth-order valence-electron chi connectivity index (χ4n) is 5.40. The van der Waals surface area contributed by atoms with Gasteiger partial charge in [0.1, 0.15) is 16.9 Å². The normalized spacial score (nSPS) is 10.3. The van der Waals surface area contributed by atoms with Crippen molar-refractivity contribution in [1.82, 2.24) is 0 Å². The van der Waals surface area contributed by atoms with Gasteiger partial charge in [-0.15, -0.1) is 0 Å². The van der Waals surface area contributed by atoms with E-state index in [-0.39, 0.29) is 105 Å². The number of nitrogens with zero attached hydrogens (tertiary/aromatic N) is 2. The molecule has 0 saturated heterocycles. The minimum absolute atomic E-state index is 0. The molecule has 2 amide bonds. The predicted octanol–water partition coefficient (Wildman–Crippen LogP) is 5.66. The van der Waals surface area contributed by atoms with Crippen LogP contribution in [0.1, 0.15) is 88.0 Å². The number of phenolic OH excluding ortho intramolecular Hbond substituents is 2. The Hall–Kier alpha value is -5.99. The Morgan fingerprint density at radius 1 is 0.741 bits per heavy atom. The van der Waals surface area contributed by atoms with E-state index in [1.807, 2.05) is 0 Å². The van der Waals surface area contributed by atoms with Crippen LogP contribution in [0.5, 0.6) is 11.5 Å². The van der Waals surface area contributed by atoms with Gasteiger partial charge in [0.15, 0.2) is 17.6 Å². The Bertz CT molecular complexity index is 2160. The summed E-state index contributed by atoms with van der Waals surface area (Å²) in [4.78, 5) is 84.9. The quantitative estimate of drug-likeness (QED) is 0.108. The van der Waals surface area contributed by atoms with E-state index >= 15 is 0 Å². The van der Waals surface area contributed by atoms with Crippen LogP contribution in [0.4, 0.5) is 11.4 Å². The van der Waals surface area contributed by atoms with Crippen molar-refractivity contribution in [1.29, 1.82) is 0 Å². The monoisotopic (exact) mass is 754 g/mol. The zero-order chi connectivity index (χ0) is 39.0. The fourth-order valence-corrected chi connectivity index (χ4v) is 5.40. The number of aryl methyl sites for hydroxylation is 2. The molecule has 0 radical (unpaired) electrons. The Balaban J connectivity index is 0.000000522. The van der Waals surface area contributed by atoms with Gasteiger partial charge in [0, 0.05) is 68.8 Å². The summed E-state index contributed by atoms with van der Waals surface area (Å²) < 4.78 is 20.3. The third-order valence-electron chi connectivity index (χ3n) is 8.50. The molecular weight excluding hydrogens is 704 g/mol. The van der Waals surface area contributed by atoms with E-state index in [1.165, 1.54) is 42.8 Å². The second kappa shape index (κ2) is 19.7. The molecule has 2 aromatic carbocycles. The molecule has 15 heteroatoms. The smallest absolute Gasteiger partial charge is 0.339 e. The summed E-state index contributed by atoms with van der Waals surface area (Å²) in [6.07, 6.45) is 0.753. The molecule has 2 heterocycles. The van der Waals surface area contributed by atoms with E-state index in [4.69, 9.17) is 18.3 Å². The standard InChI is InChI=1S/C19H21NO7.C18H21NO6.2CH4/c1-5-26-16(23)7-6-12-10(2)13-8-15(20(4)11(3)22)17(24)14(9-21)18(13)27-19(12)25;1-5-24-17(22)7-6-12-10(2)13-8-14(19(4)11(3)20)15(21)9-16(13)25-18(12)23;;/h8-9,24H,5-7H2,1-4H3;8-9,21H,5-7H2,1-4H3;2*1H4. The molecule has 0 spiro atoms. The highest BCUT2D eigenvalue weighted by Gasteiger charge is 2.23. The molecule has 0 unspecified atom stereocenters. The molecule has 0 bridgehead atoms. The summed E-state index contributed by atoms with van der Waals surface area (Å²) in [6.45, 7) is 10.0. The average Bonchev–Trinajstić information content (AvgIpc) is 3.07. The highest BCUT2D eigenvalue weighted by molar-refractivity contribution is 6.05. The van der Waals surface area contributed by atoms with Gasteiger partial charge in [0.25, 0.3) is 0 Å². The number of esters is 2. The number of hydrogen-bond donors (Lipinski definition) is 2. The van der Waals surface area contributed by atoms with Crippen molar-refractivity contribution in [2.24, 2.45) is 0 Å². The van der Waals surface area contributed by atoms with Gasteiger partial charge in [-0.05, 0) is 63.8 Å². The van der Waals surface area contributed by atoms with Gasteiger partial charge in [-0.2, -0.15) is 0 Å². The maximum Gasteiger partial charge on any atom is 0.339 e. The van der Waals surface area contributed by atoms with Crippen molar-refractivity contribution in [3.05, 3.63) is 66.9 Å². The maximum atomic E-state index is 12.4. The Labute approximate surface area is 313 Å². The summed E-state index contributed by atoms with van der Waals surface area (Å²) >= 11 is 0. The Kier molecular flexibility index (Phi) is 16.8. The molecule has 2 N–H and O–H groups in total. The average molecular weight is 755 g/mol. The first-order chi connectivity index (χ1) is 24.5. The van der Waals surface area contributed by atoms with Crippen LogP contribution >= 0.6 is 0 Å². The largest absolute Gasteiger partial charge is 0.506 e. The number of carbonyl (C=O) groups excluding carboxylic acids is 5. The predicted molar refractivity (Wildman–Crippen MR) is 205 cm³/mol. The second-order valence-electron chi connectivity index (χ2n) is 11.7. The van der Waals surface area contributed by atoms with Gasteiger partial charge in [-0.1, -0.05) is 14.9 Å². The van der Waals surface area contributed by atoms with Crippen molar-refractivity contribution in [2.75, 3.05) is 37.1 Å². The van der Waals surface area contributed by atoms with Crippen LogP contribution in [0.3, 0.4) is 0 Å². The Morgan fingerprint density at radius 3 is 1.65 bits per heavy atom. The summed E-state index contributed by atoms with van der Waals surface area (Å²) in [5, 5.41) is 21.4. The number of fused-ring (bicyclic) bond motifs is 2. The number of carbonyl (C=O) groups is 5. The van der Waals surface area contributed by atoms with E-state index in [9.17, 15) is 43.8 Å². The van der Waals surface area contributed by atoms with Gasteiger partial charge in [0.2, 0.25) is 11.8 Å². The van der Waals surface area contributed by atoms with Gasteiger partial charge < -0.3 is 38.3 Å². The van der Waals surface area contributed by atoms with Crippen LogP contribution in [0.15, 0.2) is 36.6 Å². The summed E-state index contributed by atoms with van der Waals surface area (Å²) in [7, 11) is 2.99. The third kappa shape index (κ3) is 10.1. The molecule has 0 saturated carbocycles. The first-order valence-electron chi connectivity index (χ1n) is 16.3. The molecule has 4 aromatic rings. The molecular formula is C39H50N2O13. The number of amides is 2. The number of hydrogen-bond acceptors (Lipinski definition) is 13. The third-order valence-corrected chi connectivity index (χ3v) is 8.50. The van der Waals surface area contributed by atoms with Gasteiger partial charge in [-0.3, -0.25) is 24.0 Å². The van der Waals surface area contributed by atoms with Gasteiger partial charge >= 0.3 is 23.2 Å². The van der Waals surface area contributed by atoms with Crippen LogP contribution in [-0.4, -0.2) is 67.6 Å². The molecule has 2 aromatic heterocycles. The van der Waals surface area contributed by atoms with Crippen LogP contribution in [0.25, 0.3) is 21.9 Å². The molecule has 54 heavy (non-hydrogen) atoms. The minimum Gasteiger partial charge on any atom is -0.506 e. The summed E-state index contributed by atoms with van der Waals surface area (Å²) in [5.74, 6) is -2.02. The first kappa shape index (κ1) is 46.0. The van der Waals surface area contributed by atoms with E-state index in [0.29, 0.717) is 39.4 Å². The maximum absolute atomic E-state index is 12.4. The lowest BCUT2D eigenvalue weighted by atomic mass is 9.99. The summed E-state index contributed by atoms with van der Waals surface area (Å²) in [5.41, 5.74) is 0.927. The number of aldehydes is 1. The number of rotatable bonds is 11. The lowest BCUT2D eigenvalue weighted by molar-refractivity contribution is -0.144. The molecule has 294 valence electrons. The number of aromatic hydroxyl groups is 2. The topological polar surface area (TPSA) is 211 Å². The van der Waals surface area contributed by atoms with Crippen molar-refractivity contribution in [3.8, 4) is 11.5 Å². The fraction of sp³-hybridized carbons (Fsp3) is 0.410. The lowest BCUT2D eigenvalue weighted by Crippen LogP contribution is -2.23. The number of phenols is 2.